The fourth-order valence-corrected chi connectivity index (χ4v) is 6.53. The molecule has 3 N–H and O–H groups in total. The number of unbranched alkanes of at least 4 members (excludes halogenated alkanes) is 28. The van der Waals surface area contributed by atoms with Crippen molar-refractivity contribution in [3.8, 4) is 0 Å². The predicted molar refractivity (Wildman–Crippen MR) is 204 cm³/mol. The van der Waals surface area contributed by atoms with Gasteiger partial charge in [-0.05, 0) is 12.8 Å². The van der Waals surface area contributed by atoms with E-state index in [4.69, 9.17) is 9.47 Å². The Bertz CT molecular complexity index is 701. The van der Waals surface area contributed by atoms with Crippen molar-refractivity contribution in [3.05, 3.63) is 0 Å². The lowest BCUT2D eigenvalue weighted by Gasteiger charge is -2.25. The molecule has 0 heterocycles. The van der Waals surface area contributed by atoms with Gasteiger partial charge in [0.15, 0.2) is 5.78 Å². The van der Waals surface area contributed by atoms with Crippen molar-refractivity contribution in [2.24, 2.45) is 0 Å². The second-order valence-electron chi connectivity index (χ2n) is 14.7. The van der Waals surface area contributed by atoms with Gasteiger partial charge in [-0.2, -0.15) is 0 Å². The number of hydrogen-bond donors (Lipinski definition) is 3. The lowest BCUT2D eigenvalue weighted by Crippen LogP contribution is -2.43. The molecule has 7 nitrogen and oxygen atoms in total. The maximum atomic E-state index is 12.8. The second-order valence-corrected chi connectivity index (χ2v) is 14.7. The summed E-state index contributed by atoms with van der Waals surface area (Å²) in [6, 6.07) is 0. The number of carbonyl (C=O) groups is 2. The van der Waals surface area contributed by atoms with Crippen LogP contribution in [-0.2, 0) is 19.1 Å². The summed E-state index contributed by atoms with van der Waals surface area (Å²) in [6.45, 7) is 3.26. The molecule has 7 heteroatoms. The van der Waals surface area contributed by atoms with E-state index >= 15 is 0 Å². The highest BCUT2D eigenvalue weighted by Crippen LogP contribution is 2.17. The zero-order chi connectivity index (χ0) is 36.0. The first-order chi connectivity index (χ1) is 24.0. The maximum absolute atomic E-state index is 12.8. The smallest absolute Gasteiger partial charge is 0.305 e. The quantitative estimate of drug-likeness (QED) is 0.0431. The summed E-state index contributed by atoms with van der Waals surface area (Å²) in [5, 5.41) is 29.5. The number of rotatable bonds is 40. The lowest BCUT2D eigenvalue weighted by atomic mass is 10.0. The number of Topliss-reactive ketones (excluding diaryl/α,β-unsaturated/α-hetero) is 1. The molecule has 292 valence electrons. The Morgan fingerprint density at radius 3 is 1.12 bits per heavy atom. The molecular weight excluding hydrogens is 616 g/mol. The monoisotopic (exact) mass is 699 g/mol. The summed E-state index contributed by atoms with van der Waals surface area (Å²) >= 11 is 0. The molecule has 0 aromatic rings. The Hall–Kier alpha value is -1.02. The van der Waals surface area contributed by atoms with E-state index in [1.165, 1.54) is 154 Å². The molecule has 0 rings (SSSR count). The van der Waals surface area contributed by atoms with Gasteiger partial charge < -0.3 is 24.8 Å². The van der Waals surface area contributed by atoms with Gasteiger partial charge >= 0.3 is 5.97 Å². The van der Waals surface area contributed by atoms with Gasteiger partial charge in [0.25, 0.3) is 0 Å². The molecule has 0 saturated heterocycles. The van der Waals surface area contributed by atoms with Crippen LogP contribution in [0, 0.1) is 0 Å². The third-order valence-electron chi connectivity index (χ3n) is 9.84. The van der Waals surface area contributed by atoms with E-state index in [9.17, 15) is 24.9 Å². The molecule has 3 unspecified atom stereocenters. The van der Waals surface area contributed by atoms with E-state index in [1.54, 1.807) is 0 Å². The highest BCUT2D eigenvalue weighted by atomic mass is 16.6. The number of aliphatic hydroxyl groups excluding tert-OH is 3. The molecule has 0 spiro atoms. The lowest BCUT2D eigenvalue weighted by molar-refractivity contribution is -0.163. The summed E-state index contributed by atoms with van der Waals surface area (Å²) in [4.78, 5) is 25.1. The largest absolute Gasteiger partial charge is 0.463 e. The normalized spacial score (nSPS) is 13.4. The van der Waals surface area contributed by atoms with Crippen molar-refractivity contribution < 1.29 is 34.4 Å². The Morgan fingerprint density at radius 1 is 0.469 bits per heavy atom. The number of hydrogen-bond acceptors (Lipinski definition) is 7. The van der Waals surface area contributed by atoms with Crippen LogP contribution in [0.3, 0.4) is 0 Å². The SMILES string of the molecule is CCCCCCCCCCCCCCCCCC(=O)OCC(CO)OC(C(=O)CCCCCCCCCCCCCCCCC)C(O)CO. The van der Waals surface area contributed by atoms with Crippen LogP contribution in [0.4, 0.5) is 0 Å². The molecule has 0 aliphatic heterocycles. The first kappa shape index (κ1) is 48.0. The number of ketones is 1. The van der Waals surface area contributed by atoms with Crippen LogP contribution in [0.15, 0.2) is 0 Å². The van der Waals surface area contributed by atoms with Crippen molar-refractivity contribution in [3.63, 3.8) is 0 Å². The van der Waals surface area contributed by atoms with Gasteiger partial charge in [0.05, 0.1) is 13.2 Å². The van der Waals surface area contributed by atoms with E-state index in [1.807, 2.05) is 0 Å². The van der Waals surface area contributed by atoms with Crippen LogP contribution in [-0.4, -0.2) is 65.2 Å². The molecular formula is C42H82O7. The van der Waals surface area contributed by atoms with Crippen molar-refractivity contribution >= 4 is 11.8 Å². The molecule has 0 amide bonds. The zero-order valence-corrected chi connectivity index (χ0v) is 32.5. The Kier molecular flexibility index (Phi) is 37.4. The average molecular weight is 699 g/mol. The van der Waals surface area contributed by atoms with Crippen LogP contribution >= 0.6 is 0 Å². The molecule has 0 saturated carbocycles. The number of carbonyl (C=O) groups excluding carboxylic acids is 2. The van der Waals surface area contributed by atoms with Crippen LogP contribution < -0.4 is 0 Å². The minimum Gasteiger partial charge on any atom is -0.463 e. The number of aliphatic hydroxyl groups is 3. The standard InChI is InChI=1S/C42H82O7/c1-3-5-7-9-11-13-15-17-19-21-23-25-27-29-31-33-39(45)42(40(46)36-44)49-38(35-43)37-48-41(47)34-32-30-28-26-24-22-20-18-16-14-12-10-8-6-4-2/h38,40,42-44,46H,3-37H2,1-2H3. The van der Waals surface area contributed by atoms with Crippen molar-refractivity contribution in [1.29, 1.82) is 0 Å². The fourth-order valence-electron chi connectivity index (χ4n) is 6.53. The Morgan fingerprint density at radius 2 is 0.796 bits per heavy atom. The Labute approximate surface area is 303 Å². The molecule has 0 radical (unpaired) electrons. The first-order valence-electron chi connectivity index (χ1n) is 21.2. The van der Waals surface area contributed by atoms with Gasteiger partial charge in [-0.3, -0.25) is 9.59 Å². The van der Waals surface area contributed by atoms with Crippen molar-refractivity contribution in [2.75, 3.05) is 19.8 Å². The number of ether oxygens (including phenoxy) is 2. The van der Waals surface area contributed by atoms with E-state index in [0.717, 1.165) is 32.1 Å². The third kappa shape index (κ3) is 32.6. The van der Waals surface area contributed by atoms with E-state index < -0.39 is 31.5 Å². The van der Waals surface area contributed by atoms with E-state index in [0.29, 0.717) is 12.8 Å². The van der Waals surface area contributed by atoms with E-state index in [-0.39, 0.29) is 24.8 Å². The molecule has 49 heavy (non-hydrogen) atoms. The van der Waals surface area contributed by atoms with E-state index in [2.05, 4.69) is 13.8 Å². The van der Waals surface area contributed by atoms with Crippen molar-refractivity contribution in [1.82, 2.24) is 0 Å². The van der Waals surface area contributed by atoms with Crippen molar-refractivity contribution in [2.45, 2.75) is 238 Å². The summed E-state index contributed by atoms with van der Waals surface area (Å²) < 4.78 is 11.0. The van der Waals surface area contributed by atoms with Gasteiger partial charge in [-0.15, -0.1) is 0 Å². The fraction of sp³-hybridized carbons (Fsp3) is 0.952. The molecule has 0 aromatic carbocycles. The van der Waals surface area contributed by atoms with Crippen LogP contribution in [0.2, 0.25) is 0 Å². The van der Waals surface area contributed by atoms with Crippen LogP contribution in [0.25, 0.3) is 0 Å². The topological polar surface area (TPSA) is 113 Å². The molecule has 0 bridgehead atoms. The average Bonchev–Trinajstić information content (AvgIpc) is 3.11. The highest BCUT2D eigenvalue weighted by molar-refractivity contribution is 5.83. The number of esters is 1. The minimum absolute atomic E-state index is 0.186. The van der Waals surface area contributed by atoms with Gasteiger partial charge in [-0.1, -0.05) is 194 Å². The molecule has 0 aliphatic carbocycles. The molecule has 3 atom stereocenters. The third-order valence-corrected chi connectivity index (χ3v) is 9.84. The summed E-state index contributed by atoms with van der Waals surface area (Å²) in [5.41, 5.74) is 0. The minimum atomic E-state index is -1.38. The molecule has 0 aliphatic rings. The molecule has 0 aromatic heterocycles. The predicted octanol–water partition coefficient (Wildman–Crippen LogP) is 10.7. The highest BCUT2D eigenvalue weighted by Gasteiger charge is 2.30. The first-order valence-corrected chi connectivity index (χ1v) is 21.2. The summed E-state index contributed by atoms with van der Waals surface area (Å²) in [6.07, 6.45) is 34.6. The second kappa shape index (κ2) is 38.2. The maximum Gasteiger partial charge on any atom is 0.305 e. The van der Waals surface area contributed by atoms with Gasteiger partial charge in [0.1, 0.15) is 24.9 Å². The van der Waals surface area contributed by atoms with Crippen LogP contribution in [0.1, 0.15) is 219 Å². The summed E-state index contributed by atoms with van der Waals surface area (Å²) in [5.74, 6) is -0.640. The Balaban J connectivity index is 3.93. The van der Waals surface area contributed by atoms with Crippen LogP contribution in [0.5, 0.6) is 0 Å². The van der Waals surface area contributed by atoms with Gasteiger partial charge in [0, 0.05) is 12.8 Å². The molecule has 0 fully saturated rings. The van der Waals surface area contributed by atoms with Gasteiger partial charge in [0.2, 0.25) is 0 Å². The zero-order valence-electron chi connectivity index (χ0n) is 32.5. The summed E-state index contributed by atoms with van der Waals surface area (Å²) in [7, 11) is 0. The van der Waals surface area contributed by atoms with Gasteiger partial charge in [-0.25, -0.2) is 0 Å².